The number of esters is 1. The number of amides is 1. The molecule has 118 valence electrons. The predicted molar refractivity (Wildman–Crippen MR) is 76.8 cm³/mol. The monoisotopic (exact) mass is 307 g/mol. The largest absolute Gasteiger partial charge is 0.481 e. The first-order chi connectivity index (χ1) is 10.4. The minimum Gasteiger partial charge on any atom is -0.481 e. The molecule has 0 saturated heterocycles. The fourth-order valence-electron chi connectivity index (χ4n) is 2.21. The van der Waals surface area contributed by atoms with E-state index in [0.717, 1.165) is 5.56 Å². The van der Waals surface area contributed by atoms with Crippen molar-refractivity contribution in [3.05, 3.63) is 23.8 Å². The average Bonchev–Trinajstić information content (AvgIpc) is 2.45. The number of fused-ring (bicyclic) bond motifs is 1. The number of aliphatic carboxylic acids is 1. The van der Waals surface area contributed by atoms with Crippen LogP contribution in [0.1, 0.15) is 18.9 Å². The molecule has 1 atom stereocenters. The number of benzene rings is 1. The molecule has 1 amide bonds. The number of carboxylic acid groups (broad SMARTS) is 1. The Kier molecular flexibility index (Phi) is 4.65. The van der Waals surface area contributed by atoms with Gasteiger partial charge in [-0.1, -0.05) is 6.07 Å². The summed E-state index contributed by atoms with van der Waals surface area (Å²) in [5.74, 6) is -2.05. The number of rotatable bonds is 4. The number of ether oxygens (including phenoxy) is 2. The molecule has 1 aromatic rings. The van der Waals surface area contributed by atoms with Crippen LogP contribution in [0.15, 0.2) is 18.2 Å². The summed E-state index contributed by atoms with van der Waals surface area (Å²) in [7, 11) is 0. The van der Waals surface area contributed by atoms with Gasteiger partial charge in [-0.3, -0.25) is 9.59 Å². The number of nitrogens with zero attached hydrogens (tertiary/aromatic N) is 1. The van der Waals surface area contributed by atoms with Crippen molar-refractivity contribution >= 4 is 23.5 Å². The molecule has 1 N–H and O–H groups in total. The zero-order valence-corrected chi connectivity index (χ0v) is 12.4. The van der Waals surface area contributed by atoms with Gasteiger partial charge in [0.2, 0.25) is 12.0 Å². The summed E-state index contributed by atoms with van der Waals surface area (Å²) in [6, 6.07) is 5.15. The normalized spacial score (nSPS) is 16.5. The average molecular weight is 307 g/mol. The van der Waals surface area contributed by atoms with Crippen molar-refractivity contribution < 1.29 is 29.0 Å². The summed E-state index contributed by atoms with van der Waals surface area (Å²) in [5, 5.41) is 8.81. The van der Waals surface area contributed by atoms with E-state index >= 15 is 0 Å². The standard InChI is InChI=1S/C15H17NO6/c1-3-21-15(20)12-8-16(13(17)7-14(18)19)10-6-9(2)4-5-11(10)22-12/h4-6,12H,3,7-8H2,1-2H3,(H,18,19). The second-order valence-corrected chi connectivity index (χ2v) is 4.90. The van der Waals surface area contributed by atoms with Gasteiger partial charge in [0, 0.05) is 0 Å². The summed E-state index contributed by atoms with van der Waals surface area (Å²) in [6.45, 7) is 3.65. The van der Waals surface area contributed by atoms with Gasteiger partial charge in [0.15, 0.2) is 0 Å². The Bertz CT molecular complexity index is 612. The van der Waals surface area contributed by atoms with Crippen LogP contribution in [-0.2, 0) is 19.1 Å². The van der Waals surface area contributed by atoms with E-state index < -0.39 is 30.4 Å². The predicted octanol–water partition coefficient (Wildman–Crippen LogP) is 1.13. The molecule has 7 heteroatoms. The third kappa shape index (κ3) is 3.36. The molecule has 0 bridgehead atoms. The van der Waals surface area contributed by atoms with Crippen molar-refractivity contribution in [2.45, 2.75) is 26.4 Å². The Morgan fingerprint density at radius 3 is 2.77 bits per heavy atom. The Balaban J connectivity index is 2.33. The number of carboxylic acids is 1. The molecule has 1 heterocycles. The molecule has 1 aliphatic heterocycles. The Morgan fingerprint density at radius 2 is 2.14 bits per heavy atom. The molecule has 0 saturated carbocycles. The highest BCUT2D eigenvalue weighted by Crippen LogP contribution is 2.34. The molecule has 1 aromatic carbocycles. The zero-order valence-electron chi connectivity index (χ0n) is 12.4. The third-order valence-electron chi connectivity index (χ3n) is 3.18. The van der Waals surface area contributed by atoms with Crippen LogP contribution in [0.4, 0.5) is 5.69 Å². The van der Waals surface area contributed by atoms with Gasteiger partial charge < -0.3 is 19.5 Å². The number of carbonyl (C=O) groups is 3. The van der Waals surface area contributed by atoms with Crippen molar-refractivity contribution in [1.82, 2.24) is 0 Å². The van der Waals surface area contributed by atoms with Crippen molar-refractivity contribution in [3.63, 3.8) is 0 Å². The van der Waals surface area contributed by atoms with Crippen molar-refractivity contribution in [2.24, 2.45) is 0 Å². The molecule has 2 rings (SSSR count). The van der Waals surface area contributed by atoms with Gasteiger partial charge in [-0.25, -0.2) is 4.79 Å². The number of aryl methyl sites for hydroxylation is 1. The van der Waals surface area contributed by atoms with Gasteiger partial charge >= 0.3 is 11.9 Å². The van der Waals surface area contributed by atoms with Crippen LogP contribution in [-0.4, -0.2) is 42.2 Å². The van der Waals surface area contributed by atoms with Crippen LogP contribution >= 0.6 is 0 Å². The highest BCUT2D eigenvalue weighted by Gasteiger charge is 2.35. The molecule has 22 heavy (non-hydrogen) atoms. The summed E-state index contributed by atoms with van der Waals surface area (Å²) >= 11 is 0. The molecule has 1 unspecified atom stereocenters. The smallest absolute Gasteiger partial charge is 0.349 e. The van der Waals surface area contributed by atoms with Gasteiger partial charge in [0.25, 0.3) is 0 Å². The van der Waals surface area contributed by atoms with Crippen LogP contribution in [0.2, 0.25) is 0 Å². The van der Waals surface area contributed by atoms with E-state index in [2.05, 4.69) is 0 Å². The first-order valence-electron chi connectivity index (χ1n) is 6.88. The molecule has 0 radical (unpaired) electrons. The van der Waals surface area contributed by atoms with Crippen molar-refractivity contribution in [3.8, 4) is 5.75 Å². The summed E-state index contributed by atoms with van der Waals surface area (Å²) in [6.07, 6.45) is -1.61. The maximum atomic E-state index is 12.1. The van der Waals surface area contributed by atoms with E-state index in [1.165, 1.54) is 4.90 Å². The summed E-state index contributed by atoms with van der Waals surface area (Å²) in [5.41, 5.74) is 1.36. The highest BCUT2D eigenvalue weighted by atomic mass is 16.6. The molecule has 1 aliphatic rings. The van der Waals surface area contributed by atoms with E-state index in [1.807, 2.05) is 6.92 Å². The molecular weight excluding hydrogens is 290 g/mol. The highest BCUT2D eigenvalue weighted by molar-refractivity contribution is 6.04. The van der Waals surface area contributed by atoms with Gasteiger partial charge in [0.05, 0.1) is 18.8 Å². The lowest BCUT2D eigenvalue weighted by Crippen LogP contribution is -2.48. The molecular formula is C15H17NO6. The number of anilines is 1. The van der Waals surface area contributed by atoms with E-state index in [9.17, 15) is 14.4 Å². The number of hydrogen-bond donors (Lipinski definition) is 1. The Morgan fingerprint density at radius 1 is 1.41 bits per heavy atom. The first-order valence-corrected chi connectivity index (χ1v) is 6.88. The maximum absolute atomic E-state index is 12.1. The van der Waals surface area contributed by atoms with Crippen LogP contribution < -0.4 is 9.64 Å². The van der Waals surface area contributed by atoms with Crippen LogP contribution in [0.25, 0.3) is 0 Å². The fourth-order valence-corrected chi connectivity index (χ4v) is 2.21. The van der Waals surface area contributed by atoms with E-state index in [4.69, 9.17) is 14.6 Å². The molecule has 0 aromatic heterocycles. The van der Waals surface area contributed by atoms with Crippen LogP contribution in [0.5, 0.6) is 5.75 Å². The second-order valence-electron chi connectivity index (χ2n) is 4.90. The van der Waals surface area contributed by atoms with E-state index in [-0.39, 0.29) is 13.2 Å². The zero-order chi connectivity index (χ0) is 16.3. The lowest BCUT2D eigenvalue weighted by molar-refractivity contribution is -0.151. The topological polar surface area (TPSA) is 93.1 Å². The second kappa shape index (κ2) is 6.46. The maximum Gasteiger partial charge on any atom is 0.349 e. The first kappa shape index (κ1) is 15.8. The van der Waals surface area contributed by atoms with Gasteiger partial charge in [0.1, 0.15) is 12.2 Å². The summed E-state index contributed by atoms with van der Waals surface area (Å²) in [4.78, 5) is 36.1. The van der Waals surface area contributed by atoms with Gasteiger partial charge in [-0.15, -0.1) is 0 Å². The molecule has 0 aliphatic carbocycles. The molecule has 0 spiro atoms. The van der Waals surface area contributed by atoms with E-state index in [1.54, 1.807) is 25.1 Å². The fraction of sp³-hybridized carbons (Fsp3) is 0.400. The van der Waals surface area contributed by atoms with Crippen molar-refractivity contribution in [2.75, 3.05) is 18.1 Å². The van der Waals surface area contributed by atoms with Crippen LogP contribution in [0.3, 0.4) is 0 Å². The lowest BCUT2D eigenvalue weighted by atomic mass is 10.1. The van der Waals surface area contributed by atoms with Gasteiger partial charge in [-0.05, 0) is 31.5 Å². The minimum absolute atomic E-state index is 0.0681. The lowest BCUT2D eigenvalue weighted by Gasteiger charge is -2.33. The van der Waals surface area contributed by atoms with Crippen LogP contribution in [0, 0.1) is 6.92 Å². The quantitative estimate of drug-likeness (QED) is 0.662. The van der Waals surface area contributed by atoms with Crippen molar-refractivity contribution in [1.29, 1.82) is 0 Å². The minimum atomic E-state index is -1.22. The molecule has 7 nitrogen and oxygen atoms in total. The summed E-state index contributed by atoms with van der Waals surface area (Å²) < 4.78 is 10.5. The van der Waals surface area contributed by atoms with E-state index in [0.29, 0.717) is 11.4 Å². The Labute approximate surface area is 127 Å². The third-order valence-corrected chi connectivity index (χ3v) is 3.18. The van der Waals surface area contributed by atoms with Gasteiger partial charge in [-0.2, -0.15) is 0 Å². The SMILES string of the molecule is CCOC(=O)C1CN(C(=O)CC(=O)O)c2cc(C)ccc2O1. The Hall–Kier alpha value is -2.57. The number of carbonyl (C=O) groups excluding carboxylic acids is 2. The molecule has 0 fully saturated rings. The number of hydrogen-bond acceptors (Lipinski definition) is 5.